The average Bonchev–Trinajstić information content (AvgIpc) is 2.88. The van der Waals surface area contributed by atoms with E-state index in [4.69, 9.17) is 16.3 Å². The van der Waals surface area contributed by atoms with E-state index in [2.05, 4.69) is 9.88 Å². The van der Waals surface area contributed by atoms with Gasteiger partial charge in [0.15, 0.2) is 10.9 Å². The van der Waals surface area contributed by atoms with Crippen molar-refractivity contribution in [3.63, 3.8) is 0 Å². The molecular weight excluding hydrogens is 272 g/mol. The molecule has 0 N–H and O–H groups in total. The van der Waals surface area contributed by atoms with E-state index >= 15 is 0 Å². The van der Waals surface area contributed by atoms with Crippen LogP contribution in [-0.2, 0) is 4.74 Å². The first kappa shape index (κ1) is 13.8. The number of ketones is 1. The van der Waals surface area contributed by atoms with Crippen molar-refractivity contribution in [2.24, 2.45) is 0 Å². The maximum Gasteiger partial charge on any atom is 0.196 e. The molecule has 0 aromatic carbocycles. The third kappa shape index (κ3) is 3.22. The molecule has 4 nitrogen and oxygen atoms in total. The minimum Gasteiger partial charge on any atom is -0.377 e. The van der Waals surface area contributed by atoms with Crippen molar-refractivity contribution in [2.75, 3.05) is 30.5 Å². The van der Waals surface area contributed by atoms with Gasteiger partial charge in [0.05, 0.1) is 12.0 Å². The zero-order valence-electron chi connectivity index (χ0n) is 10.4. The van der Waals surface area contributed by atoms with E-state index < -0.39 is 0 Å². The molecule has 0 saturated carbocycles. The summed E-state index contributed by atoms with van der Waals surface area (Å²) in [6, 6.07) is 0. The molecule has 0 bridgehead atoms. The minimum atomic E-state index is -0.113. The van der Waals surface area contributed by atoms with Gasteiger partial charge in [0.1, 0.15) is 5.69 Å². The van der Waals surface area contributed by atoms with Crippen LogP contribution in [0.5, 0.6) is 0 Å². The van der Waals surface area contributed by atoms with Gasteiger partial charge in [-0.25, -0.2) is 4.98 Å². The second-order valence-electron chi connectivity index (χ2n) is 4.24. The number of anilines is 1. The van der Waals surface area contributed by atoms with E-state index in [9.17, 15) is 4.79 Å². The predicted octanol–water partition coefficient (Wildman–Crippen LogP) is 2.57. The highest BCUT2D eigenvalue weighted by Crippen LogP contribution is 2.25. The molecule has 2 heterocycles. The molecule has 18 heavy (non-hydrogen) atoms. The van der Waals surface area contributed by atoms with Crippen LogP contribution < -0.4 is 4.90 Å². The lowest BCUT2D eigenvalue weighted by molar-refractivity contribution is 0.0526. The molecule has 1 atom stereocenters. The van der Waals surface area contributed by atoms with Gasteiger partial charge in [0, 0.05) is 25.1 Å². The molecule has 1 unspecified atom stereocenters. The van der Waals surface area contributed by atoms with Crippen molar-refractivity contribution in [3.05, 3.63) is 11.1 Å². The Bertz CT molecular complexity index is 409. The average molecular weight is 289 g/mol. The Morgan fingerprint density at radius 2 is 2.56 bits per heavy atom. The monoisotopic (exact) mass is 288 g/mol. The topological polar surface area (TPSA) is 42.4 Å². The number of rotatable bonds is 5. The Labute approximate surface area is 116 Å². The summed E-state index contributed by atoms with van der Waals surface area (Å²) in [5.41, 5.74) is 0.475. The third-order valence-electron chi connectivity index (χ3n) is 2.95. The summed E-state index contributed by atoms with van der Waals surface area (Å²) in [6.45, 7) is 4.59. The molecule has 0 radical (unpaired) electrons. The molecule has 1 aliphatic heterocycles. The lowest BCUT2D eigenvalue weighted by Crippen LogP contribution is -2.39. The van der Waals surface area contributed by atoms with Crippen LogP contribution in [0.4, 0.5) is 5.13 Å². The molecule has 1 aliphatic rings. The first-order valence-electron chi connectivity index (χ1n) is 6.15. The van der Waals surface area contributed by atoms with Crippen molar-refractivity contribution >= 4 is 33.9 Å². The zero-order valence-corrected chi connectivity index (χ0v) is 12.0. The van der Waals surface area contributed by atoms with Crippen LogP contribution in [0.2, 0.25) is 0 Å². The Balaban J connectivity index is 2.02. The quantitative estimate of drug-likeness (QED) is 0.617. The SMILES string of the molecule is CCOC1CCCN(c2nc(C(=O)CCl)cs2)C1. The first-order valence-corrected chi connectivity index (χ1v) is 7.57. The zero-order chi connectivity index (χ0) is 13.0. The van der Waals surface area contributed by atoms with Crippen molar-refractivity contribution < 1.29 is 9.53 Å². The van der Waals surface area contributed by atoms with Crippen LogP contribution in [0.25, 0.3) is 0 Å². The maximum atomic E-state index is 11.4. The number of thiazole rings is 1. The first-order chi connectivity index (χ1) is 8.74. The lowest BCUT2D eigenvalue weighted by Gasteiger charge is -2.32. The normalized spacial score (nSPS) is 20.1. The van der Waals surface area contributed by atoms with Gasteiger partial charge >= 0.3 is 0 Å². The van der Waals surface area contributed by atoms with Gasteiger partial charge in [-0.05, 0) is 19.8 Å². The maximum absolute atomic E-state index is 11.4. The highest BCUT2D eigenvalue weighted by atomic mass is 35.5. The van der Waals surface area contributed by atoms with Gasteiger partial charge < -0.3 is 9.64 Å². The van der Waals surface area contributed by atoms with Crippen LogP contribution in [0, 0.1) is 0 Å². The van der Waals surface area contributed by atoms with E-state index in [1.54, 1.807) is 5.38 Å². The molecule has 1 saturated heterocycles. The summed E-state index contributed by atoms with van der Waals surface area (Å²) in [4.78, 5) is 18.0. The summed E-state index contributed by atoms with van der Waals surface area (Å²) in [7, 11) is 0. The molecule has 6 heteroatoms. The second kappa shape index (κ2) is 6.50. The van der Waals surface area contributed by atoms with Crippen LogP contribution in [0.15, 0.2) is 5.38 Å². The molecule has 2 rings (SSSR count). The molecule has 1 aromatic rings. The van der Waals surface area contributed by atoms with Gasteiger partial charge in [-0.3, -0.25) is 4.79 Å². The lowest BCUT2D eigenvalue weighted by atomic mass is 10.1. The fraction of sp³-hybridized carbons (Fsp3) is 0.667. The molecule has 1 aromatic heterocycles. The number of Topliss-reactive ketones (excluding diaryl/α,β-unsaturated/α-hetero) is 1. The summed E-state index contributed by atoms with van der Waals surface area (Å²) in [6.07, 6.45) is 2.48. The van der Waals surface area contributed by atoms with Crippen LogP contribution in [-0.4, -0.2) is 42.4 Å². The number of alkyl halides is 1. The van der Waals surface area contributed by atoms with Gasteiger partial charge in [-0.2, -0.15) is 0 Å². The van der Waals surface area contributed by atoms with Gasteiger partial charge in [-0.1, -0.05) is 0 Å². The fourth-order valence-electron chi connectivity index (χ4n) is 2.09. The molecular formula is C12H17ClN2O2S. The highest BCUT2D eigenvalue weighted by molar-refractivity contribution is 7.14. The Kier molecular flexibility index (Phi) is 4.97. The Morgan fingerprint density at radius 1 is 1.72 bits per heavy atom. The standard InChI is InChI=1S/C12H17ClN2O2S/c1-2-17-9-4-3-5-15(7-9)12-14-10(8-18-12)11(16)6-13/h8-9H,2-7H2,1H3. The van der Waals surface area contributed by atoms with E-state index in [0.29, 0.717) is 5.69 Å². The number of hydrogen-bond acceptors (Lipinski definition) is 5. The Hall–Kier alpha value is -0.650. The molecule has 0 aliphatic carbocycles. The van der Waals surface area contributed by atoms with E-state index in [-0.39, 0.29) is 17.8 Å². The van der Waals surface area contributed by atoms with Gasteiger partial charge in [-0.15, -0.1) is 22.9 Å². The van der Waals surface area contributed by atoms with Gasteiger partial charge in [0.2, 0.25) is 0 Å². The minimum absolute atomic E-state index is 0.00918. The summed E-state index contributed by atoms with van der Waals surface area (Å²) < 4.78 is 5.66. The van der Waals surface area contributed by atoms with Gasteiger partial charge in [0.25, 0.3) is 0 Å². The number of ether oxygens (including phenoxy) is 1. The fourth-order valence-corrected chi connectivity index (χ4v) is 3.09. The predicted molar refractivity (Wildman–Crippen MR) is 74.0 cm³/mol. The van der Waals surface area contributed by atoms with Crippen LogP contribution in [0.1, 0.15) is 30.3 Å². The van der Waals surface area contributed by atoms with Crippen molar-refractivity contribution in [1.29, 1.82) is 0 Å². The molecule has 1 fully saturated rings. The van der Waals surface area contributed by atoms with Crippen LogP contribution in [0.3, 0.4) is 0 Å². The number of halogens is 1. The van der Waals surface area contributed by atoms with E-state index in [1.165, 1.54) is 11.3 Å². The number of carbonyl (C=O) groups excluding carboxylic acids is 1. The molecule has 0 spiro atoms. The number of aromatic nitrogens is 1. The third-order valence-corrected chi connectivity index (χ3v) is 4.09. The number of piperidine rings is 1. The van der Waals surface area contributed by atoms with Crippen molar-refractivity contribution in [3.8, 4) is 0 Å². The number of carbonyl (C=O) groups is 1. The number of nitrogens with zero attached hydrogens (tertiary/aromatic N) is 2. The van der Waals surface area contributed by atoms with Crippen molar-refractivity contribution in [1.82, 2.24) is 4.98 Å². The van der Waals surface area contributed by atoms with Crippen molar-refractivity contribution in [2.45, 2.75) is 25.9 Å². The van der Waals surface area contributed by atoms with E-state index in [0.717, 1.165) is 37.7 Å². The van der Waals surface area contributed by atoms with Crippen LogP contribution >= 0.6 is 22.9 Å². The summed E-state index contributed by atoms with van der Waals surface area (Å²) in [5, 5.41) is 2.68. The summed E-state index contributed by atoms with van der Waals surface area (Å²) >= 11 is 7.03. The largest absolute Gasteiger partial charge is 0.377 e. The molecule has 0 amide bonds. The second-order valence-corrected chi connectivity index (χ2v) is 5.34. The molecule has 100 valence electrons. The number of hydrogen-bond donors (Lipinski definition) is 0. The van der Waals surface area contributed by atoms with E-state index in [1.807, 2.05) is 6.92 Å². The highest BCUT2D eigenvalue weighted by Gasteiger charge is 2.22. The Morgan fingerprint density at radius 3 is 3.28 bits per heavy atom. The summed E-state index contributed by atoms with van der Waals surface area (Å²) in [5.74, 6) is -0.123. The smallest absolute Gasteiger partial charge is 0.196 e.